The highest BCUT2D eigenvalue weighted by Gasteiger charge is 2.35. The molecule has 9 nitrogen and oxygen atoms in total. The van der Waals surface area contributed by atoms with E-state index in [-0.39, 0.29) is 23.5 Å². The van der Waals surface area contributed by atoms with E-state index in [1.54, 1.807) is 29.2 Å². The predicted molar refractivity (Wildman–Crippen MR) is 141 cm³/mol. The summed E-state index contributed by atoms with van der Waals surface area (Å²) in [6.07, 6.45) is 1.08. The zero-order chi connectivity index (χ0) is 26.4. The third kappa shape index (κ3) is 4.02. The molecule has 2 amide bonds. The molecule has 6 rings (SSSR count). The van der Waals surface area contributed by atoms with Crippen LogP contribution in [0.1, 0.15) is 44.8 Å². The molecule has 0 bridgehead atoms. The number of carbonyl (C=O) groups is 3. The Bertz CT molecular complexity index is 1590. The maximum absolute atomic E-state index is 13.6. The molecule has 2 aliphatic heterocycles. The van der Waals surface area contributed by atoms with Gasteiger partial charge >= 0.3 is 5.97 Å². The Morgan fingerprint density at radius 3 is 2.34 bits per heavy atom. The highest BCUT2D eigenvalue weighted by atomic mass is 16.4. The second-order valence-electron chi connectivity index (χ2n) is 9.63. The van der Waals surface area contributed by atoms with Crippen LogP contribution in [-0.2, 0) is 17.9 Å². The van der Waals surface area contributed by atoms with Gasteiger partial charge in [0.25, 0.3) is 11.8 Å². The number of amides is 2. The number of nitrogen functional groups attached to an aromatic ring is 1. The van der Waals surface area contributed by atoms with Crippen molar-refractivity contribution in [3.8, 4) is 11.1 Å². The molecular formula is C29H25N5O4. The zero-order valence-electron chi connectivity index (χ0n) is 20.5. The van der Waals surface area contributed by atoms with Gasteiger partial charge in [-0.15, -0.1) is 0 Å². The van der Waals surface area contributed by atoms with Crippen LogP contribution in [0, 0.1) is 0 Å². The van der Waals surface area contributed by atoms with Crippen LogP contribution in [0.5, 0.6) is 0 Å². The Labute approximate surface area is 218 Å². The first kappa shape index (κ1) is 23.6. The number of rotatable bonds is 4. The second-order valence-corrected chi connectivity index (χ2v) is 9.63. The Kier molecular flexibility index (Phi) is 5.75. The molecule has 3 N–H and O–H groups in total. The molecule has 1 atom stereocenters. The van der Waals surface area contributed by atoms with Crippen molar-refractivity contribution in [2.75, 3.05) is 12.3 Å². The lowest BCUT2D eigenvalue weighted by molar-refractivity contribution is -0.141. The van der Waals surface area contributed by atoms with Crippen molar-refractivity contribution in [2.24, 2.45) is 0 Å². The molecule has 0 saturated carbocycles. The number of carboxylic acid groups (broad SMARTS) is 1. The van der Waals surface area contributed by atoms with Gasteiger partial charge in [-0.25, -0.2) is 14.8 Å². The van der Waals surface area contributed by atoms with Crippen molar-refractivity contribution in [3.63, 3.8) is 0 Å². The molecule has 38 heavy (non-hydrogen) atoms. The average Bonchev–Trinajstić information content (AvgIpc) is 3.59. The summed E-state index contributed by atoms with van der Waals surface area (Å²) in [5.74, 6) is -1.57. The molecule has 0 aliphatic carbocycles. The first-order valence-corrected chi connectivity index (χ1v) is 12.5. The minimum atomic E-state index is -0.999. The molecule has 1 fully saturated rings. The van der Waals surface area contributed by atoms with Crippen LogP contribution in [0.15, 0.2) is 66.7 Å². The van der Waals surface area contributed by atoms with E-state index in [1.165, 1.54) is 4.90 Å². The monoisotopic (exact) mass is 507 g/mol. The summed E-state index contributed by atoms with van der Waals surface area (Å²) in [6.45, 7) is 1.36. The number of hydrogen-bond acceptors (Lipinski definition) is 6. The molecule has 0 spiro atoms. The highest BCUT2D eigenvalue weighted by Crippen LogP contribution is 2.32. The first-order valence-electron chi connectivity index (χ1n) is 12.5. The fourth-order valence-corrected chi connectivity index (χ4v) is 5.45. The molecule has 190 valence electrons. The van der Waals surface area contributed by atoms with Gasteiger partial charge in [0, 0.05) is 30.6 Å². The lowest BCUT2D eigenvalue weighted by Crippen LogP contribution is -2.40. The van der Waals surface area contributed by atoms with E-state index in [1.807, 2.05) is 42.5 Å². The number of nitrogens with two attached hydrogens (primary N) is 1. The van der Waals surface area contributed by atoms with Crippen LogP contribution in [0.4, 0.5) is 5.95 Å². The van der Waals surface area contributed by atoms with Crippen molar-refractivity contribution in [1.82, 2.24) is 19.8 Å². The Morgan fingerprint density at radius 1 is 0.895 bits per heavy atom. The Morgan fingerprint density at radius 2 is 1.61 bits per heavy atom. The summed E-state index contributed by atoms with van der Waals surface area (Å²) in [7, 11) is 0. The first-order chi connectivity index (χ1) is 18.4. The number of aliphatic carboxylic acids is 1. The van der Waals surface area contributed by atoms with Gasteiger partial charge in [-0.2, -0.15) is 0 Å². The number of aromatic nitrogens is 2. The van der Waals surface area contributed by atoms with Gasteiger partial charge in [-0.05, 0) is 53.3 Å². The lowest BCUT2D eigenvalue weighted by Gasteiger charge is -2.23. The standard InChI is InChI=1S/C29H25N5O4/c30-29-31-23-12-11-17(20-8-3-4-9-21(20)26(35)34-13-5-10-24(34)28(37)38)14-22(23)25(32-29)27(36)33-15-18-6-1-2-7-19(18)16-33/h1-4,6-9,11-12,14,24H,5,10,13,15-16H2,(H,37,38)(H2,30,31,32). The molecule has 1 unspecified atom stereocenters. The molecule has 4 aromatic rings. The molecule has 0 radical (unpaired) electrons. The van der Waals surface area contributed by atoms with Crippen LogP contribution < -0.4 is 5.73 Å². The molecule has 3 heterocycles. The third-order valence-corrected chi connectivity index (χ3v) is 7.31. The van der Waals surface area contributed by atoms with Crippen molar-refractivity contribution in [3.05, 3.63) is 89.1 Å². The van der Waals surface area contributed by atoms with Gasteiger partial charge in [0.2, 0.25) is 5.95 Å². The van der Waals surface area contributed by atoms with Crippen LogP contribution >= 0.6 is 0 Å². The second kappa shape index (κ2) is 9.26. The SMILES string of the molecule is Nc1nc(C(=O)N2Cc3ccccc3C2)c2cc(-c3ccccc3C(=O)N3CCCC3C(=O)O)ccc2n1. The number of carboxylic acids is 1. The fourth-order valence-electron chi connectivity index (χ4n) is 5.45. The number of fused-ring (bicyclic) bond motifs is 2. The molecule has 1 aromatic heterocycles. The van der Waals surface area contributed by atoms with E-state index >= 15 is 0 Å². The fraction of sp³-hybridized carbons (Fsp3) is 0.207. The van der Waals surface area contributed by atoms with Crippen molar-refractivity contribution in [2.45, 2.75) is 32.0 Å². The van der Waals surface area contributed by atoms with E-state index in [0.717, 1.165) is 11.1 Å². The largest absolute Gasteiger partial charge is 0.480 e. The smallest absolute Gasteiger partial charge is 0.326 e. The van der Waals surface area contributed by atoms with Crippen molar-refractivity contribution >= 4 is 34.6 Å². The molecule has 3 aromatic carbocycles. The quantitative estimate of drug-likeness (QED) is 0.431. The van der Waals surface area contributed by atoms with Gasteiger partial charge in [-0.1, -0.05) is 48.5 Å². The minimum absolute atomic E-state index is 0.00892. The third-order valence-electron chi connectivity index (χ3n) is 7.31. The molecule has 1 saturated heterocycles. The number of anilines is 1. The van der Waals surface area contributed by atoms with Gasteiger partial charge in [-0.3, -0.25) is 9.59 Å². The van der Waals surface area contributed by atoms with E-state index in [4.69, 9.17) is 5.73 Å². The number of carbonyl (C=O) groups excluding carboxylic acids is 2. The van der Waals surface area contributed by atoms with Crippen molar-refractivity contribution in [1.29, 1.82) is 0 Å². The summed E-state index contributed by atoms with van der Waals surface area (Å²) in [6, 6.07) is 19.6. The number of likely N-dealkylation sites (tertiary alicyclic amines) is 1. The van der Waals surface area contributed by atoms with Crippen LogP contribution in [0.3, 0.4) is 0 Å². The zero-order valence-corrected chi connectivity index (χ0v) is 20.5. The minimum Gasteiger partial charge on any atom is -0.480 e. The maximum atomic E-state index is 13.6. The normalized spacial score (nSPS) is 16.6. The van der Waals surface area contributed by atoms with E-state index in [2.05, 4.69) is 9.97 Å². The van der Waals surface area contributed by atoms with E-state index < -0.39 is 12.0 Å². The summed E-state index contributed by atoms with van der Waals surface area (Å²) in [5.41, 5.74) is 10.6. The molecule has 9 heteroatoms. The van der Waals surface area contributed by atoms with Crippen LogP contribution in [-0.4, -0.2) is 55.2 Å². The maximum Gasteiger partial charge on any atom is 0.326 e. The lowest BCUT2D eigenvalue weighted by atomic mass is 9.96. The van der Waals surface area contributed by atoms with E-state index in [0.29, 0.717) is 60.1 Å². The van der Waals surface area contributed by atoms with Gasteiger partial charge in [0.1, 0.15) is 11.7 Å². The van der Waals surface area contributed by atoms with Crippen LogP contribution in [0.25, 0.3) is 22.0 Å². The van der Waals surface area contributed by atoms with Gasteiger partial charge in [0.05, 0.1) is 5.52 Å². The number of nitrogens with zero attached hydrogens (tertiary/aromatic N) is 4. The van der Waals surface area contributed by atoms with Crippen molar-refractivity contribution < 1.29 is 19.5 Å². The summed E-state index contributed by atoms with van der Waals surface area (Å²) < 4.78 is 0. The van der Waals surface area contributed by atoms with Gasteiger partial charge in [0.15, 0.2) is 0 Å². The van der Waals surface area contributed by atoms with Crippen LogP contribution in [0.2, 0.25) is 0 Å². The van der Waals surface area contributed by atoms with Gasteiger partial charge < -0.3 is 20.6 Å². The Hall–Kier alpha value is -4.79. The number of benzene rings is 3. The Balaban J connectivity index is 1.40. The summed E-state index contributed by atoms with van der Waals surface area (Å²) in [4.78, 5) is 50.6. The number of hydrogen-bond donors (Lipinski definition) is 2. The molecular weight excluding hydrogens is 482 g/mol. The predicted octanol–water partition coefficient (Wildman–Crippen LogP) is 3.72. The summed E-state index contributed by atoms with van der Waals surface area (Å²) in [5, 5.41) is 10.1. The molecule has 2 aliphatic rings. The summed E-state index contributed by atoms with van der Waals surface area (Å²) >= 11 is 0. The average molecular weight is 508 g/mol. The van der Waals surface area contributed by atoms with E-state index in [9.17, 15) is 19.5 Å². The highest BCUT2D eigenvalue weighted by molar-refractivity contribution is 6.07. The topological polar surface area (TPSA) is 130 Å².